The summed E-state index contributed by atoms with van der Waals surface area (Å²) in [7, 11) is 0. The third kappa shape index (κ3) is 1.98. The summed E-state index contributed by atoms with van der Waals surface area (Å²) in [5.41, 5.74) is 0.802. The van der Waals surface area contributed by atoms with Crippen LogP contribution in [0.3, 0.4) is 0 Å². The van der Waals surface area contributed by atoms with Crippen molar-refractivity contribution in [2.24, 2.45) is 0 Å². The summed E-state index contributed by atoms with van der Waals surface area (Å²) in [6, 6.07) is 6.87. The normalized spacial score (nSPS) is 22.4. The van der Waals surface area contributed by atoms with Crippen LogP contribution in [0.1, 0.15) is 12.1 Å². The number of nitrogens with zero attached hydrogens (tertiary/aromatic N) is 3. The average molecular weight is 273 g/mol. The van der Waals surface area contributed by atoms with E-state index < -0.39 is 18.1 Å². The molecule has 6 nitrogen and oxygen atoms in total. The minimum absolute atomic E-state index is 0.208. The molecule has 6 heteroatoms. The van der Waals surface area contributed by atoms with E-state index in [2.05, 4.69) is 10.2 Å². The van der Waals surface area contributed by atoms with Crippen LogP contribution in [0.25, 0.3) is 10.8 Å². The zero-order valence-corrected chi connectivity index (χ0v) is 11.0. The Labute approximate surface area is 115 Å². The van der Waals surface area contributed by atoms with E-state index in [4.69, 9.17) is 0 Å². The summed E-state index contributed by atoms with van der Waals surface area (Å²) >= 11 is 0. The number of aryl methyl sites for hydroxylation is 1. The van der Waals surface area contributed by atoms with Gasteiger partial charge in [0.25, 0.3) is 0 Å². The van der Waals surface area contributed by atoms with Gasteiger partial charge in [0.2, 0.25) is 0 Å². The Morgan fingerprint density at radius 3 is 2.70 bits per heavy atom. The second-order valence-electron chi connectivity index (χ2n) is 5.05. The number of aliphatic carboxylic acids is 1. The molecule has 0 radical (unpaired) electrons. The molecule has 0 amide bonds. The summed E-state index contributed by atoms with van der Waals surface area (Å²) in [5, 5.41) is 29.1. The molecule has 1 aliphatic rings. The molecule has 1 aliphatic heterocycles. The van der Waals surface area contributed by atoms with Gasteiger partial charge < -0.3 is 15.1 Å². The maximum Gasteiger partial charge on any atom is 0.326 e. The van der Waals surface area contributed by atoms with Gasteiger partial charge in [0.15, 0.2) is 5.82 Å². The summed E-state index contributed by atoms with van der Waals surface area (Å²) in [5.74, 6) is -0.428. The molecule has 2 heterocycles. The van der Waals surface area contributed by atoms with Gasteiger partial charge in [0.05, 0.1) is 11.8 Å². The first-order valence-electron chi connectivity index (χ1n) is 6.47. The molecule has 1 fully saturated rings. The molecule has 1 saturated heterocycles. The van der Waals surface area contributed by atoms with Crippen LogP contribution in [0.15, 0.2) is 24.3 Å². The highest BCUT2D eigenvalue weighted by Crippen LogP contribution is 2.31. The maximum absolute atomic E-state index is 11.3. The van der Waals surface area contributed by atoms with Crippen LogP contribution >= 0.6 is 0 Å². The zero-order valence-electron chi connectivity index (χ0n) is 11.0. The van der Waals surface area contributed by atoms with E-state index in [1.807, 2.05) is 31.2 Å². The summed E-state index contributed by atoms with van der Waals surface area (Å²) < 4.78 is 0. The van der Waals surface area contributed by atoms with Gasteiger partial charge >= 0.3 is 5.97 Å². The maximum atomic E-state index is 11.3. The van der Waals surface area contributed by atoms with Crippen LogP contribution in [0.2, 0.25) is 0 Å². The number of β-amino-alcohol motifs (C(OH)–C–C–N with tert-alkyl or cyclic N) is 1. The molecule has 104 valence electrons. The number of aliphatic hydroxyl groups excluding tert-OH is 1. The van der Waals surface area contributed by atoms with Gasteiger partial charge in [-0.05, 0) is 6.92 Å². The third-order valence-electron chi connectivity index (χ3n) is 3.69. The van der Waals surface area contributed by atoms with Crippen LogP contribution in [0.4, 0.5) is 5.82 Å². The number of hydrogen-bond donors (Lipinski definition) is 2. The second-order valence-corrected chi connectivity index (χ2v) is 5.05. The van der Waals surface area contributed by atoms with Crippen LogP contribution in [-0.4, -0.2) is 45.1 Å². The topological polar surface area (TPSA) is 86.5 Å². The monoisotopic (exact) mass is 273 g/mol. The van der Waals surface area contributed by atoms with E-state index in [-0.39, 0.29) is 13.0 Å². The number of hydrogen-bond acceptors (Lipinski definition) is 5. The van der Waals surface area contributed by atoms with Gasteiger partial charge in [-0.25, -0.2) is 4.79 Å². The fourth-order valence-electron chi connectivity index (χ4n) is 2.72. The van der Waals surface area contributed by atoms with E-state index in [1.165, 1.54) is 0 Å². The summed E-state index contributed by atoms with van der Waals surface area (Å²) in [6.07, 6.45) is -0.447. The molecular weight excluding hydrogens is 258 g/mol. The Morgan fingerprint density at radius 2 is 2.00 bits per heavy atom. The minimum Gasteiger partial charge on any atom is -0.480 e. The predicted molar refractivity (Wildman–Crippen MR) is 73.7 cm³/mol. The van der Waals surface area contributed by atoms with Gasteiger partial charge in [-0.2, -0.15) is 5.10 Å². The van der Waals surface area contributed by atoms with Gasteiger partial charge in [0, 0.05) is 23.7 Å². The van der Waals surface area contributed by atoms with E-state index in [9.17, 15) is 15.0 Å². The number of anilines is 1. The number of benzene rings is 1. The van der Waals surface area contributed by atoms with Crippen molar-refractivity contribution in [3.05, 3.63) is 30.0 Å². The Morgan fingerprint density at radius 1 is 1.30 bits per heavy atom. The molecule has 0 saturated carbocycles. The molecule has 3 rings (SSSR count). The lowest BCUT2D eigenvalue weighted by molar-refractivity contribution is -0.138. The van der Waals surface area contributed by atoms with Gasteiger partial charge in [0.1, 0.15) is 6.04 Å². The molecule has 1 aromatic heterocycles. The quantitative estimate of drug-likeness (QED) is 0.847. The average Bonchev–Trinajstić information content (AvgIpc) is 2.82. The Kier molecular flexibility index (Phi) is 3.02. The first-order chi connectivity index (χ1) is 9.58. The van der Waals surface area contributed by atoms with E-state index in [0.717, 1.165) is 16.5 Å². The van der Waals surface area contributed by atoms with Crippen molar-refractivity contribution in [3.63, 3.8) is 0 Å². The zero-order chi connectivity index (χ0) is 14.3. The van der Waals surface area contributed by atoms with Crippen molar-refractivity contribution < 1.29 is 15.0 Å². The molecule has 0 bridgehead atoms. The summed E-state index contributed by atoms with van der Waals surface area (Å²) in [4.78, 5) is 13.0. The minimum atomic E-state index is -0.951. The van der Waals surface area contributed by atoms with Gasteiger partial charge in [-0.15, -0.1) is 5.10 Å². The first-order valence-corrected chi connectivity index (χ1v) is 6.47. The van der Waals surface area contributed by atoms with Crippen molar-refractivity contribution in [2.75, 3.05) is 11.4 Å². The lowest BCUT2D eigenvalue weighted by Gasteiger charge is -2.23. The van der Waals surface area contributed by atoms with Crippen LogP contribution in [0.5, 0.6) is 0 Å². The Balaban J connectivity index is 2.15. The van der Waals surface area contributed by atoms with Crippen LogP contribution in [0, 0.1) is 6.92 Å². The molecule has 0 aliphatic carbocycles. The van der Waals surface area contributed by atoms with E-state index in [1.54, 1.807) is 4.90 Å². The SMILES string of the molecule is Cc1nnc(N2CC(O)CC2C(=O)O)c2ccccc12. The Bertz CT molecular complexity index is 674. The molecule has 2 N–H and O–H groups in total. The van der Waals surface area contributed by atoms with Crippen molar-refractivity contribution in [1.82, 2.24) is 10.2 Å². The highest BCUT2D eigenvalue weighted by molar-refractivity contribution is 5.95. The lowest BCUT2D eigenvalue weighted by Crippen LogP contribution is -2.36. The number of fused-ring (bicyclic) bond motifs is 1. The molecule has 2 unspecified atom stereocenters. The molecule has 2 atom stereocenters. The second kappa shape index (κ2) is 4.72. The Hall–Kier alpha value is -2.21. The fourth-order valence-corrected chi connectivity index (χ4v) is 2.72. The standard InChI is InChI=1S/C14H15N3O3/c1-8-10-4-2-3-5-11(10)13(16-15-8)17-7-9(18)6-12(17)14(19)20/h2-5,9,12,18H,6-7H2,1H3,(H,19,20). The number of rotatable bonds is 2. The first kappa shape index (κ1) is 12.8. The van der Waals surface area contributed by atoms with E-state index in [0.29, 0.717) is 5.82 Å². The van der Waals surface area contributed by atoms with Crippen molar-refractivity contribution in [2.45, 2.75) is 25.5 Å². The highest BCUT2D eigenvalue weighted by atomic mass is 16.4. The van der Waals surface area contributed by atoms with Gasteiger partial charge in [-0.1, -0.05) is 24.3 Å². The van der Waals surface area contributed by atoms with Crippen molar-refractivity contribution in [1.29, 1.82) is 0 Å². The molecule has 1 aromatic carbocycles. The van der Waals surface area contributed by atoms with Crippen LogP contribution < -0.4 is 4.90 Å². The van der Waals surface area contributed by atoms with Crippen molar-refractivity contribution >= 4 is 22.6 Å². The number of carboxylic acids is 1. The fraction of sp³-hybridized carbons (Fsp3) is 0.357. The summed E-state index contributed by atoms with van der Waals surface area (Å²) in [6.45, 7) is 2.13. The van der Waals surface area contributed by atoms with Crippen LogP contribution in [-0.2, 0) is 4.79 Å². The predicted octanol–water partition coefficient (Wildman–Crippen LogP) is 0.962. The van der Waals surface area contributed by atoms with E-state index >= 15 is 0 Å². The number of aromatic nitrogens is 2. The number of carbonyl (C=O) groups is 1. The molecule has 20 heavy (non-hydrogen) atoms. The highest BCUT2D eigenvalue weighted by Gasteiger charge is 2.37. The smallest absolute Gasteiger partial charge is 0.326 e. The van der Waals surface area contributed by atoms with Crippen molar-refractivity contribution in [3.8, 4) is 0 Å². The third-order valence-corrected chi connectivity index (χ3v) is 3.69. The number of carboxylic acid groups (broad SMARTS) is 1. The number of aliphatic hydroxyl groups is 1. The van der Waals surface area contributed by atoms with Gasteiger partial charge in [-0.3, -0.25) is 0 Å². The molecule has 0 spiro atoms. The largest absolute Gasteiger partial charge is 0.480 e. The molecule has 2 aromatic rings. The molecular formula is C14H15N3O3. The lowest BCUT2D eigenvalue weighted by atomic mass is 10.1.